The van der Waals surface area contributed by atoms with Gasteiger partial charge in [-0.3, -0.25) is 13.8 Å². The SMILES string of the molecule is CCN(C(=O)CS(=O)CC(NC(C)=O)C(=O)O)C1CC1. The quantitative estimate of drug-likeness (QED) is 0.619. The van der Waals surface area contributed by atoms with Gasteiger partial charge in [0.2, 0.25) is 11.8 Å². The third-order valence-corrected chi connectivity index (χ3v) is 4.24. The molecule has 1 saturated carbocycles. The molecular formula is C12H20N2O5S. The van der Waals surface area contributed by atoms with E-state index in [-0.39, 0.29) is 23.5 Å². The number of hydrogen-bond acceptors (Lipinski definition) is 4. The summed E-state index contributed by atoms with van der Waals surface area (Å²) in [6, 6.07) is -0.979. The van der Waals surface area contributed by atoms with E-state index < -0.39 is 28.7 Å². The molecule has 0 aromatic carbocycles. The summed E-state index contributed by atoms with van der Waals surface area (Å²) in [5.41, 5.74) is 0. The number of carboxylic acid groups (broad SMARTS) is 1. The lowest BCUT2D eigenvalue weighted by Gasteiger charge is -2.20. The number of aliphatic carboxylic acids is 1. The van der Waals surface area contributed by atoms with E-state index in [2.05, 4.69) is 5.32 Å². The zero-order chi connectivity index (χ0) is 15.3. The highest BCUT2D eigenvalue weighted by Gasteiger charge is 2.32. The highest BCUT2D eigenvalue weighted by molar-refractivity contribution is 7.85. The van der Waals surface area contributed by atoms with Gasteiger partial charge in [-0.2, -0.15) is 0 Å². The topological polar surface area (TPSA) is 104 Å². The second-order valence-corrected chi connectivity index (χ2v) is 6.25. The Hall–Kier alpha value is -1.44. The predicted octanol–water partition coefficient (Wildman–Crippen LogP) is -0.665. The van der Waals surface area contributed by atoms with Crippen molar-refractivity contribution in [3.05, 3.63) is 0 Å². The Balaban J connectivity index is 2.50. The summed E-state index contributed by atoms with van der Waals surface area (Å²) in [6.07, 6.45) is 1.94. The fourth-order valence-electron chi connectivity index (χ4n) is 1.91. The van der Waals surface area contributed by atoms with Crippen molar-refractivity contribution in [3.63, 3.8) is 0 Å². The summed E-state index contributed by atoms with van der Waals surface area (Å²) in [5.74, 6) is -2.44. The average Bonchev–Trinajstić information content (AvgIpc) is 3.12. The van der Waals surface area contributed by atoms with E-state index in [1.54, 1.807) is 4.90 Å². The Labute approximate surface area is 120 Å². The fraction of sp³-hybridized carbons (Fsp3) is 0.750. The normalized spacial score (nSPS) is 17.1. The zero-order valence-electron chi connectivity index (χ0n) is 11.6. The summed E-state index contributed by atoms with van der Waals surface area (Å²) in [6.45, 7) is 3.61. The van der Waals surface area contributed by atoms with Gasteiger partial charge in [-0.05, 0) is 19.8 Å². The van der Waals surface area contributed by atoms with Crippen molar-refractivity contribution in [1.82, 2.24) is 10.2 Å². The van der Waals surface area contributed by atoms with Gasteiger partial charge in [0, 0.05) is 30.3 Å². The molecule has 0 aromatic rings. The number of nitrogens with one attached hydrogen (secondary N) is 1. The van der Waals surface area contributed by atoms with Crippen LogP contribution < -0.4 is 5.32 Å². The van der Waals surface area contributed by atoms with Crippen LogP contribution in [0.1, 0.15) is 26.7 Å². The Bertz CT molecular complexity index is 422. The number of rotatable bonds is 8. The van der Waals surface area contributed by atoms with Crippen molar-refractivity contribution in [2.24, 2.45) is 0 Å². The number of hydrogen-bond donors (Lipinski definition) is 2. The summed E-state index contributed by atoms with van der Waals surface area (Å²) in [5, 5.41) is 11.1. The second kappa shape index (κ2) is 7.37. The van der Waals surface area contributed by atoms with E-state index in [0.29, 0.717) is 6.54 Å². The third kappa shape index (κ3) is 5.28. The molecule has 0 aromatic heterocycles. The predicted molar refractivity (Wildman–Crippen MR) is 73.5 cm³/mol. The van der Waals surface area contributed by atoms with E-state index in [4.69, 9.17) is 5.11 Å². The minimum atomic E-state index is -1.61. The van der Waals surface area contributed by atoms with Gasteiger partial charge in [-0.25, -0.2) is 4.79 Å². The molecule has 2 atom stereocenters. The van der Waals surface area contributed by atoms with E-state index in [9.17, 15) is 18.6 Å². The minimum Gasteiger partial charge on any atom is -0.480 e. The first-order valence-corrected chi connectivity index (χ1v) is 7.98. The van der Waals surface area contributed by atoms with Gasteiger partial charge in [0.25, 0.3) is 0 Å². The molecule has 2 N–H and O–H groups in total. The Morgan fingerprint density at radius 2 is 2.00 bits per heavy atom. The molecule has 8 heteroatoms. The molecule has 114 valence electrons. The number of amides is 2. The van der Waals surface area contributed by atoms with Crippen LogP contribution in [0.15, 0.2) is 0 Å². The molecular weight excluding hydrogens is 284 g/mol. The molecule has 0 aliphatic heterocycles. The second-order valence-electron chi connectivity index (χ2n) is 4.75. The van der Waals surface area contributed by atoms with Crippen LogP contribution in [0.3, 0.4) is 0 Å². The molecule has 0 saturated heterocycles. The molecule has 1 aliphatic carbocycles. The van der Waals surface area contributed by atoms with Gasteiger partial charge in [-0.1, -0.05) is 0 Å². The van der Waals surface area contributed by atoms with Crippen LogP contribution >= 0.6 is 0 Å². The minimum absolute atomic E-state index is 0.201. The largest absolute Gasteiger partial charge is 0.480 e. The molecule has 0 radical (unpaired) electrons. The molecule has 20 heavy (non-hydrogen) atoms. The Kier molecular flexibility index (Phi) is 6.12. The monoisotopic (exact) mass is 304 g/mol. The summed E-state index contributed by atoms with van der Waals surface area (Å²) in [4.78, 5) is 35.4. The molecule has 0 bridgehead atoms. The molecule has 1 rings (SSSR count). The smallest absolute Gasteiger partial charge is 0.327 e. The first-order valence-electron chi connectivity index (χ1n) is 6.49. The van der Waals surface area contributed by atoms with Crippen molar-refractivity contribution >= 4 is 28.6 Å². The van der Waals surface area contributed by atoms with Crippen molar-refractivity contribution in [2.75, 3.05) is 18.1 Å². The van der Waals surface area contributed by atoms with Crippen LogP contribution in [-0.2, 0) is 25.2 Å². The van der Waals surface area contributed by atoms with Crippen LogP contribution in [0.5, 0.6) is 0 Å². The van der Waals surface area contributed by atoms with Crippen molar-refractivity contribution < 1.29 is 23.7 Å². The van der Waals surface area contributed by atoms with E-state index >= 15 is 0 Å². The van der Waals surface area contributed by atoms with Gasteiger partial charge >= 0.3 is 5.97 Å². The number of carbonyl (C=O) groups excluding carboxylic acids is 2. The standard InChI is InChI=1S/C12H20N2O5S/c1-3-14(9-4-5-9)11(16)7-20(19)6-10(12(17)18)13-8(2)15/h9-10H,3-7H2,1-2H3,(H,13,15)(H,17,18). The van der Waals surface area contributed by atoms with Crippen LogP contribution in [0, 0.1) is 0 Å². The first-order chi connectivity index (χ1) is 9.35. The first kappa shape index (κ1) is 16.6. The third-order valence-electron chi connectivity index (χ3n) is 2.96. The highest BCUT2D eigenvalue weighted by atomic mass is 32.2. The maximum Gasteiger partial charge on any atom is 0.327 e. The maximum atomic E-state index is 11.9. The van der Waals surface area contributed by atoms with E-state index in [1.165, 1.54) is 6.92 Å². The molecule has 1 fully saturated rings. The van der Waals surface area contributed by atoms with Crippen LogP contribution in [0.2, 0.25) is 0 Å². The number of nitrogens with zero attached hydrogens (tertiary/aromatic N) is 1. The molecule has 7 nitrogen and oxygen atoms in total. The Morgan fingerprint density at radius 1 is 1.40 bits per heavy atom. The zero-order valence-corrected chi connectivity index (χ0v) is 12.4. The lowest BCUT2D eigenvalue weighted by molar-refractivity contribution is -0.140. The maximum absolute atomic E-state index is 11.9. The summed E-state index contributed by atoms with van der Waals surface area (Å²) < 4.78 is 11.9. The van der Waals surface area contributed by atoms with Gasteiger partial charge in [0.1, 0.15) is 11.8 Å². The molecule has 2 amide bonds. The Morgan fingerprint density at radius 3 is 2.40 bits per heavy atom. The molecule has 0 spiro atoms. The van der Waals surface area contributed by atoms with Gasteiger partial charge < -0.3 is 15.3 Å². The number of carboxylic acids is 1. The van der Waals surface area contributed by atoms with Crippen LogP contribution in [0.4, 0.5) is 0 Å². The van der Waals surface area contributed by atoms with Crippen molar-refractivity contribution in [1.29, 1.82) is 0 Å². The van der Waals surface area contributed by atoms with Gasteiger partial charge in [0.15, 0.2) is 0 Å². The van der Waals surface area contributed by atoms with E-state index in [0.717, 1.165) is 12.8 Å². The molecule has 1 aliphatic rings. The van der Waals surface area contributed by atoms with E-state index in [1.807, 2.05) is 6.92 Å². The average molecular weight is 304 g/mol. The number of carbonyl (C=O) groups is 3. The van der Waals surface area contributed by atoms with Crippen molar-refractivity contribution in [3.8, 4) is 0 Å². The lowest BCUT2D eigenvalue weighted by atomic mass is 10.3. The van der Waals surface area contributed by atoms with Crippen LogP contribution in [-0.4, -0.2) is 62.1 Å². The van der Waals surface area contributed by atoms with Crippen LogP contribution in [0.25, 0.3) is 0 Å². The van der Waals surface area contributed by atoms with Gasteiger partial charge in [-0.15, -0.1) is 0 Å². The lowest BCUT2D eigenvalue weighted by Crippen LogP contribution is -2.45. The molecule has 0 heterocycles. The fourth-order valence-corrected chi connectivity index (χ4v) is 3.07. The van der Waals surface area contributed by atoms with Gasteiger partial charge in [0.05, 0.1) is 5.75 Å². The molecule has 2 unspecified atom stereocenters. The van der Waals surface area contributed by atoms with Crippen molar-refractivity contribution in [2.45, 2.75) is 38.8 Å². The highest BCUT2D eigenvalue weighted by Crippen LogP contribution is 2.26. The summed E-state index contributed by atoms with van der Waals surface area (Å²) >= 11 is 0. The summed E-state index contributed by atoms with van der Waals surface area (Å²) in [7, 11) is -1.61.